The highest BCUT2D eigenvalue weighted by molar-refractivity contribution is 8.13. The molecule has 1 saturated heterocycles. The van der Waals surface area contributed by atoms with Crippen LogP contribution >= 0.6 is 20.2 Å². The second-order valence-electron chi connectivity index (χ2n) is 12.5. The molecule has 8 heteroatoms. The number of hydrogen-bond acceptors (Lipinski definition) is 7. The lowest BCUT2D eigenvalue weighted by atomic mass is 9.80. The first kappa shape index (κ1) is 34.3. The van der Waals surface area contributed by atoms with Gasteiger partial charge in [0.25, 0.3) is 0 Å². The minimum atomic E-state index is -0.930. The summed E-state index contributed by atoms with van der Waals surface area (Å²) in [6.07, 6.45) is 5.15. The number of ether oxygens (including phenoxy) is 1. The fourth-order valence-corrected chi connectivity index (χ4v) is 8.63. The van der Waals surface area contributed by atoms with E-state index < -0.39 is 8.45 Å². The first-order chi connectivity index (χ1) is 16.6. The van der Waals surface area contributed by atoms with Gasteiger partial charge in [-0.3, -0.25) is 9.69 Å². The molecule has 0 aromatic heterocycles. The van der Waals surface area contributed by atoms with Crippen molar-refractivity contribution >= 4 is 25.3 Å². The monoisotopic (exact) mass is 547 g/mol. The molecule has 0 aromatic carbocycles. The minimum Gasteiger partial charge on any atom is -0.355 e. The summed E-state index contributed by atoms with van der Waals surface area (Å²) in [6.45, 7) is 28.9. The first-order valence-electron chi connectivity index (χ1n) is 14.1. The van der Waals surface area contributed by atoms with Crippen molar-refractivity contribution in [3.63, 3.8) is 0 Å². The lowest BCUT2D eigenvalue weighted by Crippen LogP contribution is -2.58. The number of likely N-dealkylation sites (tertiary alicyclic amines) is 1. The molecule has 1 rings (SSSR count). The molecule has 0 N–H and O–H groups in total. The van der Waals surface area contributed by atoms with Crippen LogP contribution in [-0.2, 0) is 14.1 Å². The van der Waals surface area contributed by atoms with Crippen LogP contribution in [0.5, 0.6) is 0 Å². The lowest BCUT2D eigenvalue weighted by molar-refractivity contribution is -0.112. The number of carbonyl (C=O) groups excluding carboxylic acids is 1. The highest BCUT2D eigenvalue weighted by Gasteiger charge is 2.41. The van der Waals surface area contributed by atoms with Gasteiger partial charge in [-0.2, -0.15) is 0 Å². The maximum absolute atomic E-state index is 12.6. The van der Waals surface area contributed by atoms with Crippen molar-refractivity contribution in [3.8, 4) is 0 Å². The van der Waals surface area contributed by atoms with E-state index in [0.717, 1.165) is 18.7 Å². The summed E-state index contributed by atoms with van der Waals surface area (Å²) in [6, 6.07) is 1.55. The topological polar surface area (TPSA) is 45.3 Å². The average molecular weight is 548 g/mol. The van der Waals surface area contributed by atoms with Crippen molar-refractivity contribution in [2.24, 2.45) is 0 Å². The molecule has 0 spiro atoms. The van der Waals surface area contributed by atoms with Crippen LogP contribution in [0.1, 0.15) is 115 Å². The van der Waals surface area contributed by atoms with Crippen molar-refractivity contribution < 1.29 is 14.1 Å². The van der Waals surface area contributed by atoms with Crippen LogP contribution in [0.25, 0.3) is 0 Å². The number of rotatable bonds is 16. The van der Waals surface area contributed by atoms with Gasteiger partial charge in [0.2, 0.25) is 0 Å². The molecular formula is C28H58N3O3PS. The van der Waals surface area contributed by atoms with E-state index in [-0.39, 0.29) is 17.9 Å². The van der Waals surface area contributed by atoms with Gasteiger partial charge in [-0.1, -0.05) is 11.8 Å². The normalized spacial score (nSPS) is 18.6. The summed E-state index contributed by atoms with van der Waals surface area (Å²) >= 11 is 1.46. The van der Waals surface area contributed by atoms with E-state index in [1.807, 2.05) is 0 Å². The van der Waals surface area contributed by atoms with E-state index in [0.29, 0.717) is 42.3 Å². The van der Waals surface area contributed by atoms with E-state index in [2.05, 4.69) is 97.3 Å². The number of nitrogens with zero attached hydrogens (tertiary/aromatic N) is 3. The molecule has 0 unspecified atom stereocenters. The van der Waals surface area contributed by atoms with E-state index in [4.69, 9.17) is 9.26 Å². The second kappa shape index (κ2) is 15.7. The Bertz CT molecular complexity index is 592. The maximum Gasteiger partial charge on any atom is 0.191 e. The summed E-state index contributed by atoms with van der Waals surface area (Å²) in [5, 5.41) is 0.293. The van der Waals surface area contributed by atoms with Crippen LogP contribution in [-0.4, -0.2) is 80.3 Å². The van der Waals surface area contributed by atoms with Gasteiger partial charge < -0.3 is 9.26 Å². The summed E-state index contributed by atoms with van der Waals surface area (Å²) in [5.74, 6) is 0.800. The van der Waals surface area contributed by atoms with E-state index in [9.17, 15) is 4.79 Å². The van der Waals surface area contributed by atoms with Gasteiger partial charge in [-0.15, -0.1) is 0 Å². The van der Waals surface area contributed by atoms with Crippen LogP contribution in [0.2, 0.25) is 0 Å². The molecule has 1 aliphatic heterocycles. The average Bonchev–Trinajstić information content (AvgIpc) is 2.70. The third-order valence-electron chi connectivity index (χ3n) is 7.04. The fraction of sp³-hybridized carbons (Fsp3) is 0.964. The lowest BCUT2D eigenvalue weighted by Gasteiger charge is -2.53. The van der Waals surface area contributed by atoms with Crippen molar-refractivity contribution in [2.45, 2.75) is 150 Å². The third kappa shape index (κ3) is 10.8. The van der Waals surface area contributed by atoms with Crippen LogP contribution < -0.4 is 0 Å². The van der Waals surface area contributed by atoms with Gasteiger partial charge in [-0.05, 0) is 109 Å². The highest BCUT2D eigenvalue weighted by Crippen LogP contribution is 2.50. The number of carbonyl (C=O) groups is 1. The predicted molar refractivity (Wildman–Crippen MR) is 158 cm³/mol. The van der Waals surface area contributed by atoms with Crippen molar-refractivity contribution in [3.05, 3.63) is 0 Å². The van der Waals surface area contributed by atoms with Crippen LogP contribution in [0.3, 0.4) is 0 Å². The molecule has 6 nitrogen and oxygen atoms in total. The molecule has 0 saturated carbocycles. The SMILES string of the molecule is CC(C)N(C(C)C)P(OCOCCCSC(=O)CCN1C(C)(C)CCCC1(C)C)N(C(C)C)C(C)C. The van der Waals surface area contributed by atoms with Crippen LogP contribution in [0.4, 0.5) is 0 Å². The molecule has 0 aliphatic carbocycles. The first-order valence-corrected chi connectivity index (χ1v) is 16.3. The molecule has 0 radical (unpaired) electrons. The molecule has 1 heterocycles. The Hall–Kier alpha value is 0.250. The molecule has 36 heavy (non-hydrogen) atoms. The number of hydrogen-bond donors (Lipinski definition) is 0. The van der Waals surface area contributed by atoms with Gasteiger partial charge in [0.05, 0.1) is 6.61 Å². The Labute approximate surface area is 229 Å². The molecule has 0 atom stereocenters. The van der Waals surface area contributed by atoms with E-state index in [1.54, 1.807) is 0 Å². The molecule has 1 fully saturated rings. The standard InChI is InChI=1S/C28H58N3O3PS/c1-22(2)30(23(3)4)35(31(24(5)6)25(7)8)34-21-33-19-14-20-36-26(32)15-18-29-27(9,10)16-13-17-28(29,11)12/h22-25H,13-21H2,1-12H3. The Kier molecular flexibility index (Phi) is 15.0. The van der Waals surface area contributed by atoms with Gasteiger partial charge in [0, 0.05) is 54.0 Å². The zero-order chi connectivity index (χ0) is 27.7. The smallest absolute Gasteiger partial charge is 0.191 e. The van der Waals surface area contributed by atoms with E-state index >= 15 is 0 Å². The molecule has 1 aliphatic rings. The zero-order valence-electron chi connectivity index (χ0n) is 25.6. The van der Waals surface area contributed by atoms with Gasteiger partial charge in [0.15, 0.2) is 20.4 Å². The third-order valence-corrected chi connectivity index (χ3v) is 11.0. The second-order valence-corrected chi connectivity index (χ2v) is 15.3. The van der Waals surface area contributed by atoms with Gasteiger partial charge in [-0.25, -0.2) is 9.34 Å². The highest BCUT2D eigenvalue weighted by atomic mass is 32.2. The predicted octanol–water partition coefficient (Wildman–Crippen LogP) is 7.52. The van der Waals surface area contributed by atoms with Gasteiger partial charge in [0.1, 0.15) is 0 Å². The molecule has 0 bridgehead atoms. The van der Waals surface area contributed by atoms with Crippen LogP contribution in [0, 0.1) is 0 Å². The maximum atomic E-state index is 12.6. The van der Waals surface area contributed by atoms with Crippen molar-refractivity contribution in [2.75, 3.05) is 25.7 Å². The zero-order valence-corrected chi connectivity index (χ0v) is 27.3. The van der Waals surface area contributed by atoms with Crippen molar-refractivity contribution in [1.29, 1.82) is 0 Å². The summed E-state index contributed by atoms with van der Waals surface area (Å²) in [5.41, 5.74) is 0.336. The van der Waals surface area contributed by atoms with E-state index in [1.165, 1.54) is 31.0 Å². The molecule has 0 amide bonds. The fourth-order valence-electron chi connectivity index (χ4n) is 5.65. The number of piperidine rings is 1. The molecular weight excluding hydrogens is 489 g/mol. The largest absolute Gasteiger partial charge is 0.355 e. The Morgan fingerprint density at radius 1 is 0.889 bits per heavy atom. The summed E-state index contributed by atoms with van der Waals surface area (Å²) < 4.78 is 17.2. The summed E-state index contributed by atoms with van der Waals surface area (Å²) in [4.78, 5) is 15.1. The Morgan fingerprint density at radius 2 is 1.36 bits per heavy atom. The Balaban J connectivity index is 2.44. The quantitative estimate of drug-likeness (QED) is 0.112. The minimum absolute atomic E-state index is 0.168. The Morgan fingerprint density at radius 3 is 1.81 bits per heavy atom. The molecule has 0 aromatic rings. The van der Waals surface area contributed by atoms with Gasteiger partial charge >= 0.3 is 0 Å². The molecule has 214 valence electrons. The van der Waals surface area contributed by atoms with Crippen molar-refractivity contribution in [1.82, 2.24) is 14.2 Å². The summed E-state index contributed by atoms with van der Waals surface area (Å²) in [7, 11) is -0.930. The number of thioether (sulfide) groups is 1. The van der Waals surface area contributed by atoms with Crippen LogP contribution in [0.15, 0.2) is 0 Å².